The number of hydrogen-bond acceptors (Lipinski definition) is 5. The van der Waals surface area contributed by atoms with E-state index in [2.05, 4.69) is 0 Å². The number of esters is 1. The van der Waals surface area contributed by atoms with Crippen LogP contribution in [0.2, 0.25) is 0 Å². The zero-order valence-corrected chi connectivity index (χ0v) is 17.1. The molecule has 3 aromatic rings. The highest BCUT2D eigenvalue weighted by atomic mass is 32.1. The van der Waals surface area contributed by atoms with Crippen LogP contribution in [0, 0.1) is 26.6 Å². The third-order valence-electron chi connectivity index (χ3n) is 4.82. The van der Waals surface area contributed by atoms with Crippen LogP contribution in [-0.4, -0.2) is 36.6 Å². The van der Waals surface area contributed by atoms with Crippen LogP contribution in [0.25, 0.3) is 10.1 Å². The Balaban J connectivity index is 1.74. The van der Waals surface area contributed by atoms with Crippen LogP contribution in [0.5, 0.6) is 0 Å². The summed E-state index contributed by atoms with van der Waals surface area (Å²) in [7, 11) is 1.63. The van der Waals surface area contributed by atoms with Gasteiger partial charge in [0.2, 0.25) is 5.78 Å². The second-order valence-corrected chi connectivity index (χ2v) is 7.65. The van der Waals surface area contributed by atoms with E-state index in [0.29, 0.717) is 39.2 Å². The van der Waals surface area contributed by atoms with Gasteiger partial charge in [-0.3, -0.25) is 4.79 Å². The summed E-state index contributed by atoms with van der Waals surface area (Å²) in [6.45, 7) is 6.29. The SMILES string of the molecule is COCCn1c(C)cc(C(=O)COC(=O)c2sc3cccc(F)c3c2C)c1C. The van der Waals surface area contributed by atoms with Gasteiger partial charge < -0.3 is 14.0 Å². The molecule has 0 unspecified atom stereocenters. The number of ether oxygens (including phenoxy) is 2. The molecule has 2 heterocycles. The summed E-state index contributed by atoms with van der Waals surface area (Å²) in [5.41, 5.74) is 2.82. The molecule has 1 aromatic carbocycles. The van der Waals surface area contributed by atoms with Crippen LogP contribution in [-0.2, 0) is 16.0 Å². The molecule has 0 aliphatic carbocycles. The van der Waals surface area contributed by atoms with Gasteiger partial charge in [0, 0.05) is 40.7 Å². The van der Waals surface area contributed by atoms with E-state index < -0.39 is 5.97 Å². The molecule has 0 atom stereocenters. The fourth-order valence-electron chi connectivity index (χ4n) is 3.33. The van der Waals surface area contributed by atoms with Gasteiger partial charge in [-0.25, -0.2) is 9.18 Å². The number of nitrogens with zero attached hydrogens (tertiary/aromatic N) is 1. The highest BCUT2D eigenvalue weighted by molar-refractivity contribution is 7.21. The van der Waals surface area contributed by atoms with Crippen LogP contribution in [0.3, 0.4) is 0 Å². The molecule has 0 bridgehead atoms. The molecule has 0 radical (unpaired) electrons. The van der Waals surface area contributed by atoms with Crippen molar-refractivity contribution in [2.75, 3.05) is 20.3 Å². The van der Waals surface area contributed by atoms with Gasteiger partial charge in [0.15, 0.2) is 6.61 Å². The highest BCUT2D eigenvalue weighted by Gasteiger charge is 2.21. The molecule has 0 saturated heterocycles. The summed E-state index contributed by atoms with van der Waals surface area (Å²) >= 11 is 1.17. The number of thiophene rings is 1. The van der Waals surface area contributed by atoms with Gasteiger partial charge in [-0.2, -0.15) is 0 Å². The van der Waals surface area contributed by atoms with E-state index in [4.69, 9.17) is 9.47 Å². The first kappa shape index (κ1) is 20.2. The van der Waals surface area contributed by atoms with Crippen LogP contribution in [0.1, 0.15) is 37.0 Å². The lowest BCUT2D eigenvalue weighted by Crippen LogP contribution is -2.15. The predicted molar refractivity (Wildman–Crippen MR) is 107 cm³/mol. The first-order chi connectivity index (χ1) is 13.3. The molecule has 0 spiro atoms. The van der Waals surface area contributed by atoms with E-state index in [-0.39, 0.29) is 18.2 Å². The first-order valence-corrected chi connectivity index (χ1v) is 9.70. The summed E-state index contributed by atoms with van der Waals surface area (Å²) in [5, 5.41) is 0.424. The van der Waals surface area contributed by atoms with Crippen molar-refractivity contribution in [1.82, 2.24) is 4.57 Å². The first-order valence-electron chi connectivity index (χ1n) is 8.88. The van der Waals surface area contributed by atoms with E-state index >= 15 is 0 Å². The van der Waals surface area contributed by atoms with Crippen molar-refractivity contribution in [3.8, 4) is 0 Å². The molecule has 0 aliphatic rings. The monoisotopic (exact) mass is 403 g/mol. The van der Waals surface area contributed by atoms with Crippen LogP contribution in [0.15, 0.2) is 24.3 Å². The van der Waals surface area contributed by atoms with Crippen LogP contribution < -0.4 is 0 Å². The molecular weight excluding hydrogens is 381 g/mol. The number of halogens is 1. The van der Waals surface area contributed by atoms with Gasteiger partial charge in [-0.15, -0.1) is 11.3 Å². The number of methoxy groups -OCH3 is 1. The van der Waals surface area contributed by atoms with E-state index in [9.17, 15) is 14.0 Å². The molecule has 0 saturated carbocycles. The fourth-order valence-corrected chi connectivity index (χ4v) is 4.45. The summed E-state index contributed by atoms with van der Waals surface area (Å²) < 4.78 is 27.0. The molecule has 2 aromatic heterocycles. The minimum absolute atomic E-state index is 0.268. The predicted octanol–water partition coefficient (Wildman–Crippen LogP) is 4.45. The number of hydrogen-bond donors (Lipinski definition) is 0. The average molecular weight is 403 g/mol. The molecule has 7 heteroatoms. The van der Waals surface area contributed by atoms with Crippen molar-refractivity contribution in [2.24, 2.45) is 0 Å². The Bertz CT molecular complexity index is 1050. The molecule has 0 amide bonds. The fraction of sp³-hybridized carbons (Fsp3) is 0.333. The van der Waals surface area contributed by atoms with Crippen molar-refractivity contribution >= 4 is 33.2 Å². The Morgan fingerprint density at radius 2 is 1.96 bits per heavy atom. The van der Waals surface area contributed by atoms with Gasteiger partial charge in [-0.05, 0) is 44.5 Å². The van der Waals surface area contributed by atoms with Crippen molar-refractivity contribution in [2.45, 2.75) is 27.3 Å². The minimum atomic E-state index is -0.611. The quantitative estimate of drug-likeness (QED) is 0.432. The van der Waals surface area contributed by atoms with E-state index in [1.807, 2.05) is 18.4 Å². The number of aryl methyl sites for hydroxylation is 2. The minimum Gasteiger partial charge on any atom is -0.453 e. The topological polar surface area (TPSA) is 57.5 Å². The van der Waals surface area contributed by atoms with E-state index in [1.165, 1.54) is 17.4 Å². The van der Waals surface area contributed by atoms with Gasteiger partial charge in [0.1, 0.15) is 10.7 Å². The van der Waals surface area contributed by atoms with Gasteiger partial charge in [0.25, 0.3) is 0 Å². The number of rotatable bonds is 7. The lowest BCUT2D eigenvalue weighted by Gasteiger charge is -2.09. The molecule has 0 aliphatic heterocycles. The summed E-state index contributed by atoms with van der Waals surface area (Å²) in [5.74, 6) is -1.25. The Morgan fingerprint density at radius 3 is 2.64 bits per heavy atom. The molecule has 0 N–H and O–H groups in total. The molecule has 0 fully saturated rings. The zero-order chi connectivity index (χ0) is 20.4. The number of Topliss-reactive ketones (excluding diaryl/α,β-unsaturated/α-hetero) is 1. The Labute approximate surface area is 166 Å². The van der Waals surface area contributed by atoms with Crippen LogP contribution in [0.4, 0.5) is 4.39 Å². The van der Waals surface area contributed by atoms with Crippen molar-refractivity contribution in [1.29, 1.82) is 0 Å². The maximum atomic E-state index is 14.0. The third kappa shape index (κ3) is 3.72. The Morgan fingerprint density at radius 1 is 1.21 bits per heavy atom. The highest BCUT2D eigenvalue weighted by Crippen LogP contribution is 2.33. The Kier molecular flexibility index (Phi) is 5.96. The zero-order valence-electron chi connectivity index (χ0n) is 16.3. The van der Waals surface area contributed by atoms with Gasteiger partial charge in [-0.1, -0.05) is 6.07 Å². The second kappa shape index (κ2) is 8.24. The smallest absolute Gasteiger partial charge is 0.349 e. The second-order valence-electron chi connectivity index (χ2n) is 6.60. The van der Waals surface area contributed by atoms with Crippen molar-refractivity contribution in [3.05, 3.63) is 57.5 Å². The molecule has 28 heavy (non-hydrogen) atoms. The lowest BCUT2D eigenvalue weighted by atomic mass is 10.1. The number of carbonyl (C=O) groups excluding carboxylic acids is 2. The molecule has 148 valence electrons. The molecular formula is C21H22FNO4S. The van der Waals surface area contributed by atoms with Gasteiger partial charge >= 0.3 is 5.97 Å². The average Bonchev–Trinajstić information content (AvgIpc) is 3.15. The van der Waals surface area contributed by atoms with Gasteiger partial charge in [0.05, 0.1) is 6.61 Å². The van der Waals surface area contributed by atoms with Crippen molar-refractivity contribution in [3.63, 3.8) is 0 Å². The maximum Gasteiger partial charge on any atom is 0.349 e. The number of benzene rings is 1. The number of aromatic nitrogens is 1. The van der Waals surface area contributed by atoms with Crippen LogP contribution >= 0.6 is 11.3 Å². The summed E-state index contributed by atoms with van der Waals surface area (Å²) in [4.78, 5) is 25.4. The van der Waals surface area contributed by atoms with Crippen molar-refractivity contribution < 1.29 is 23.5 Å². The Hall–Kier alpha value is -2.51. The number of carbonyl (C=O) groups is 2. The van der Waals surface area contributed by atoms with E-state index in [0.717, 1.165) is 11.4 Å². The standard InChI is InChI=1S/C21H22FNO4S/c1-12-10-15(14(3)23(12)8-9-26-4)17(24)11-27-21(25)20-13(2)19-16(22)6-5-7-18(19)28-20/h5-7,10H,8-9,11H2,1-4H3. The summed E-state index contributed by atoms with van der Waals surface area (Å²) in [6, 6.07) is 6.51. The maximum absolute atomic E-state index is 14.0. The normalized spacial score (nSPS) is 11.2. The summed E-state index contributed by atoms with van der Waals surface area (Å²) in [6.07, 6.45) is 0. The number of fused-ring (bicyclic) bond motifs is 1. The van der Waals surface area contributed by atoms with E-state index in [1.54, 1.807) is 32.2 Å². The molecule has 3 rings (SSSR count). The third-order valence-corrected chi connectivity index (χ3v) is 6.05. The lowest BCUT2D eigenvalue weighted by molar-refractivity contribution is 0.0479. The molecule has 5 nitrogen and oxygen atoms in total. The largest absolute Gasteiger partial charge is 0.453 e. The number of ketones is 1.